The summed E-state index contributed by atoms with van der Waals surface area (Å²) in [6.07, 6.45) is 0. The third kappa shape index (κ3) is 4.49. The van der Waals surface area contributed by atoms with Gasteiger partial charge in [-0.25, -0.2) is 4.98 Å². The second-order valence-corrected chi connectivity index (χ2v) is 6.09. The highest BCUT2D eigenvalue weighted by Crippen LogP contribution is 2.32. The predicted octanol–water partition coefficient (Wildman–Crippen LogP) is 1.00. The number of para-hydroxylation sites is 1. The number of ether oxygens (including phenoxy) is 2. The van der Waals surface area contributed by atoms with Crippen molar-refractivity contribution in [1.82, 2.24) is 4.98 Å². The molecule has 7 heteroatoms. The van der Waals surface area contributed by atoms with Gasteiger partial charge in [-0.2, -0.15) is 0 Å². The molecule has 0 saturated heterocycles. The Labute approximate surface area is 160 Å². The Bertz CT molecular complexity index is 866. The smallest absolute Gasteiger partial charge is 0.184 e. The van der Waals surface area contributed by atoms with E-state index in [-0.39, 0.29) is 29.3 Å². The van der Waals surface area contributed by atoms with Crippen molar-refractivity contribution in [3.63, 3.8) is 0 Å². The summed E-state index contributed by atoms with van der Waals surface area (Å²) in [4.78, 5) is 16.8. The topological polar surface area (TPSA) is 60.5 Å². The molecular weight excluding hydrogens is 404 g/mol. The normalized spacial score (nSPS) is 10.2. The van der Waals surface area contributed by atoms with Crippen molar-refractivity contribution in [1.29, 1.82) is 0 Å². The largest absolute Gasteiger partial charge is 1.00 e. The first-order chi connectivity index (χ1) is 11.7. The molecule has 1 N–H and O–H groups in total. The fourth-order valence-corrected chi connectivity index (χ4v) is 3.20. The first-order valence-electron chi connectivity index (χ1n) is 7.64. The van der Waals surface area contributed by atoms with E-state index in [1.54, 1.807) is 25.3 Å². The van der Waals surface area contributed by atoms with Crippen molar-refractivity contribution >= 4 is 32.5 Å². The molecule has 3 aromatic rings. The van der Waals surface area contributed by atoms with Crippen LogP contribution in [0.3, 0.4) is 0 Å². The summed E-state index contributed by atoms with van der Waals surface area (Å²) in [7, 11) is 1.58. The van der Waals surface area contributed by atoms with E-state index in [0.717, 1.165) is 16.0 Å². The molecule has 0 aliphatic rings. The quantitative estimate of drug-likeness (QED) is 0.576. The van der Waals surface area contributed by atoms with Gasteiger partial charge >= 0.3 is 0 Å². The Hall–Kier alpha value is -2.12. The maximum Gasteiger partial charge on any atom is 0.184 e. The zero-order chi connectivity index (χ0) is 16.9. The number of rotatable bonds is 7. The van der Waals surface area contributed by atoms with Crippen LogP contribution in [0.2, 0.25) is 0 Å². The summed E-state index contributed by atoms with van der Waals surface area (Å²) in [6.45, 7) is 2.71. The van der Waals surface area contributed by atoms with E-state index in [4.69, 9.17) is 9.47 Å². The number of nitrogens with one attached hydrogen (secondary N) is 1. The fourth-order valence-electron chi connectivity index (χ4n) is 2.33. The van der Waals surface area contributed by atoms with Gasteiger partial charge in [0, 0.05) is 5.56 Å². The van der Waals surface area contributed by atoms with E-state index < -0.39 is 0 Å². The van der Waals surface area contributed by atoms with Gasteiger partial charge in [0.15, 0.2) is 10.9 Å². The number of fused-ring (bicyclic) bond motifs is 1. The average Bonchev–Trinajstić information content (AvgIpc) is 3.04. The van der Waals surface area contributed by atoms with Crippen LogP contribution in [-0.2, 0) is 0 Å². The Morgan fingerprint density at radius 2 is 2.04 bits per heavy atom. The maximum absolute atomic E-state index is 12.3. The summed E-state index contributed by atoms with van der Waals surface area (Å²) in [6, 6.07) is 13.0. The van der Waals surface area contributed by atoms with Crippen LogP contribution in [0, 0.1) is 0 Å². The lowest BCUT2D eigenvalue weighted by Crippen LogP contribution is -3.00. The molecule has 0 fully saturated rings. The Morgan fingerprint density at radius 1 is 1.24 bits per heavy atom. The van der Waals surface area contributed by atoms with Gasteiger partial charge in [-0.3, -0.25) is 4.79 Å². The van der Waals surface area contributed by atoms with Crippen LogP contribution in [0.15, 0.2) is 42.5 Å². The minimum Gasteiger partial charge on any atom is -1.00 e. The van der Waals surface area contributed by atoms with Crippen molar-refractivity contribution in [2.45, 2.75) is 6.92 Å². The highest BCUT2D eigenvalue weighted by molar-refractivity contribution is 7.22. The lowest BCUT2D eigenvalue weighted by molar-refractivity contribution is -0.0000132. The number of carbonyl (C=O) groups is 1. The standard InChI is InChI=1S/C18H18N2O3S.BrH/c1-3-23-15-8-5-9-16-17(15)20-18(24-16)19-11-14(21)12-6-4-7-13(10-12)22-2;/h4-10H,3,11H2,1-2H3,(H,19,20);1H/p-1. The van der Waals surface area contributed by atoms with Gasteiger partial charge in [-0.15, -0.1) is 0 Å². The number of carbonyl (C=O) groups excluding carboxylic acids is 1. The summed E-state index contributed by atoms with van der Waals surface area (Å²) in [5, 5.41) is 3.80. The number of hydrogen-bond donors (Lipinski definition) is 1. The SMILES string of the molecule is CCOc1cccc2sc(NCC(=O)c3cccc(OC)c3)nc12.[Br-]. The number of halogens is 1. The van der Waals surface area contributed by atoms with Gasteiger partial charge in [0.05, 0.1) is 25.0 Å². The van der Waals surface area contributed by atoms with Crippen molar-refractivity contribution < 1.29 is 31.2 Å². The molecule has 0 radical (unpaired) electrons. The first kappa shape index (κ1) is 19.2. The van der Waals surface area contributed by atoms with Gasteiger partial charge < -0.3 is 31.8 Å². The number of Topliss-reactive ketones (excluding diaryl/α,β-unsaturated/α-hetero) is 1. The lowest BCUT2D eigenvalue weighted by Gasteiger charge is -2.04. The number of methoxy groups -OCH3 is 1. The molecule has 0 bridgehead atoms. The summed E-state index contributed by atoms with van der Waals surface area (Å²) < 4.78 is 11.8. The van der Waals surface area contributed by atoms with Crippen LogP contribution in [-0.4, -0.2) is 31.0 Å². The number of hydrogen-bond acceptors (Lipinski definition) is 6. The fraction of sp³-hybridized carbons (Fsp3) is 0.222. The van der Waals surface area contributed by atoms with Crippen LogP contribution in [0.4, 0.5) is 5.13 Å². The third-order valence-corrected chi connectivity index (χ3v) is 4.45. The van der Waals surface area contributed by atoms with Gasteiger partial charge in [0.25, 0.3) is 0 Å². The lowest BCUT2D eigenvalue weighted by atomic mass is 10.1. The molecule has 132 valence electrons. The van der Waals surface area contributed by atoms with E-state index in [1.165, 1.54) is 11.3 Å². The van der Waals surface area contributed by atoms with E-state index in [9.17, 15) is 4.79 Å². The maximum atomic E-state index is 12.3. The van der Waals surface area contributed by atoms with Crippen LogP contribution >= 0.6 is 11.3 Å². The molecule has 1 aromatic heterocycles. The molecule has 0 spiro atoms. The Balaban J connectivity index is 0.00000225. The molecule has 0 atom stereocenters. The van der Waals surface area contributed by atoms with Gasteiger partial charge in [0.2, 0.25) is 0 Å². The van der Waals surface area contributed by atoms with Crippen molar-refractivity contribution in [2.24, 2.45) is 0 Å². The van der Waals surface area contributed by atoms with E-state index in [2.05, 4.69) is 10.3 Å². The zero-order valence-corrected chi connectivity index (χ0v) is 16.3. The molecule has 0 aliphatic carbocycles. The highest BCUT2D eigenvalue weighted by atomic mass is 79.9. The van der Waals surface area contributed by atoms with Crippen LogP contribution in [0.5, 0.6) is 11.5 Å². The molecule has 2 aromatic carbocycles. The number of thiazole rings is 1. The number of aromatic nitrogens is 1. The number of anilines is 1. The first-order valence-corrected chi connectivity index (χ1v) is 8.46. The van der Waals surface area contributed by atoms with Crippen molar-refractivity contribution in [3.8, 4) is 11.5 Å². The van der Waals surface area contributed by atoms with Crippen LogP contribution in [0.1, 0.15) is 17.3 Å². The van der Waals surface area contributed by atoms with Gasteiger partial charge in [0.1, 0.15) is 17.0 Å². The molecule has 0 amide bonds. The number of benzene rings is 2. The average molecular weight is 422 g/mol. The zero-order valence-electron chi connectivity index (χ0n) is 13.9. The summed E-state index contributed by atoms with van der Waals surface area (Å²) in [5.74, 6) is 1.42. The van der Waals surface area contributed by atoms with E-state index in [1.807, 2.05) is 31.2 Å². The Morgan fingerprint density at radius 3 is 2.80 bits per heavy atom. The van der Waals surface area contributed by atoms with Crippen molar-refractivity contribution in [2.75, 3.05) is 25.6 Å². The molecule has 0 saturated carbocycles. The molecule has 3 rings (SSSR count). The molecule has 0 aliphatic heterocycles. The molecule has 1 heterocycles. The van der Waals surface area contributed by atoms with E-state index >= 15 is 0 Å². The second-order valence-electron chi connectivity index (χ2n) is 5.06. The summed E-state index contributed by atoms with van der Waals surface area (Å²) in [5.41, 5.74) is 1.43. The molecule has 5 nitrogen and oxygen atoms in total. The second kappa shape index (κ2) is 8.82. The molecule has 0 unspecified atom stereocenters. The van der Waals surface area contributed by atoms with Gasteiger partial charge in [-0.05, 0) is 31.2 Å². The molecule has 25 heavy (non-hydrogen) atoms. The summed E-state index contributed by atoms with van der Waals surface area (Å²) >= 11 is 1.50. The van der Waals surface area contributed by atoms with Crippen LogP contribution in [0.25, 0.3) is 10.2 Å². The predicted molar refractivity (Wildman–Crippen MR) is 96.6 cm³/mol. The minimum absolute atomic E-state index is 0. The third-order valence-electron chi connectivity index (χ3n) is 3.47. The number of ketones is 1. The Kier molecular flexibility index (Phi) is 6.78. The van der Waals surface area contributed by atoms with E-state index in [0.29, 0.717) is 23.1 Å². The van der Waals surface area contributed by atoms with Gasteiger partial charge in [-0.1, -0.05) is 29.5 Å². The number of nitrogens with zero attached hydrogens (tertiary/aromatic N) is 1. The molecular formula is C18H18BrN2O3S-. The van der Waals surface area contributed by atoms with Crippen LogP contribution < -0.4 is 31.8 Å². The van der Waals surface area contributed by atoms with Crippen molar-refractivity contribution in [3.05, 3.63) is 48.0 Å². The highest BCUT2D eigenvalue weighted by Gasteiger charge is 2.11. The monoisotopic (exact) mass is 421 g/mol. The minimum atomic E-state index is -0.0156.